The van der Waals surface area contributed by atoms with Crippen molar-refractivity contribution in [3.8, 4) is 5.69 Å². The molecule has 1 aromatic carbocycles. The van der Waals surface area contributed by atoms with Crippen molar-refractivity contribution in [2.24, 2.45) is 0 Å². The summed E-state index contributed by atoms with van der Waals surface area (Å²) in [4.78, 5) is 11.7. The third-order valence-electron chi connectivity index (χ3n) is 2.76. The van der Waals surface area contributed by atoms with E-state index in [4.69, 9.17) is 0 Å². The lowest BCUT2D eigenvalue weighted by Gasteiger charge is -2.01. The first kappa shape index (κ1) is 13.4. The quantitative estimate of drug-likeness (QED) is 0.797. The smallest absolute Gasteiger partial charge is 0.273 e. The van der Waals surface area contributed by atoms with Crippen molar-refractivity contribution >= 4 is 17.4 Å². The molecule has 0 spiro atoms. The van der Waals surface area contributed by atoms with Crippen molar-refractivity contribution in [3.05, 3.63) is 59.1 Å². The molecule has 0 aliphatic carbocycles. The number of carbonyl (C=O) groups is 1. The fourth-order valence-electron chi connectivity index (χ4n) is 1.72. The van der Waals surface area contributed by atoms with Crippen LogP contribution >= 0.6 is 11.5 Å². The molecular formula is C13H10FN5OS. The van der Waals surface area contributed by atoms with Gasteiger partial charge in [-0.15, -0.1) is 5.10 Å². The first-order chi connectivity index (χ1) is 10.2. The van der Waals surface area contributed by atoms with Gasteiger partial charge in [0, 0.05) is 11.6 Å². The largest absolute Gasteiger partial charge is 0.345 e. The number of hydrogen-bond acceptors (Lipinski definition) is 5. The summed E-state index contributed by atoms with van der Waals surface area (Å²) >= 11 is 1.12. The molecule has 3 aromatic rings. The van der Waals surface area contributed by atoms with E-state index in [1.165, 1.54) is 12.1 Å². The Labute approximate surface area is 123 Å². The van der Waals surface area contributed by atoms with Gasteiger partial charge in [0.2, 0.25) is 0 Å². The molecule has 0 fully saturated rings. The Bertz CT molecular complexity index is 738. The number of hydrogen-bond donors (Lipinski definition) is 1. The lowest BCUT2D eigenvalue weighted by Crippen LogP contribution is -2.23. The van der Waals surface area contributed by atoms with E-state index in [0.717, 1.165) is 17.2 Å². The Morgan fingerprint density at radius 3 is 2.81 bits per heavy atom. The van der Waals surface area contributed by atoms with Crippen LogP contribution in [-0.2, 0) is 6.54 Å². The van der Waals surface area contributed by atoms with Crippen LogP contribution in [0.4, 0.5) is 4.39 Å². The van der Waals surface area contributed by atoms with Gasteiger partial charge < -0.3 is 5.32 Å². The van der Waals surface area contributed by atoms with E-state index in [1.807, 2.05) is 0 Å². The third kappa shape index (κ3) is 3.11. The highest BCUT2D eigenvalue weighted by Gasteiger charge is 2.09. The second-order valence-corrected chi connectivity index (χ2v) is 4.81. The molecule has 21 heavy (non-hydrogen) atoms. The number of halogens is 1. The number of nitrogens with one attached hydrogen (secondary N) is 1. The number of carbonyl (C=O) groups excluding carboxylic acids is 1. The maximum atomic E-state index is 12.9. The van der Waals surface area contributed by atoms with Crippen LogP contribution in [0.2, 0.25) is 0 Å². The molecule has 1 N–H and O–H groups in total. The van der Waals surface area contributed by atoms with E-state index in [0.29, 0.717) is 5.69 Å². The lowest BCUT2D eigenvalue weighted by atomic mass is 10.3. The molecule has 106 valence electrons. The van der Waals surface area contributed by atoms with Crippen molar-refractivity contribution < 1.29 is 9.18 Å². The van der Waals surface area contributed by atoms with E-state index >= 15 is 0 Å². The van der Waals surface area contributed by atoms with Crippen molar-refractivity contribution in [3.63, 3.8) is 0 Å². The molecule has 0 saturated heterocycles. The van der Waals surface area contributed by atoms with Crippen molar-refractivity contribution in [2.75, 3.05) is 0 Å². The van der Waals surface area contributed by atoms with E-state index in [-0.39, 0.29) is 24.0 Å². The van der Waals surface area contributed by atoms with Crippen LogP contribution in [-0.4, -0.2) is 25.3 Å². The van der Waals surface area contributed by atoms with Gasteiger partial charge in [0.05, 0.1) is 17.9 Å². The summed E-state index contributed by atoms with van der Waals surface area (Å²) in [6.45, 7) is 0.282. The molecule has 8 heteroatoms. The zero-order chi connectivity index (χ0) is 14.7. The average Bonchev–Trinajstić information content (AvgIpc) is 3.17. The molecule has 3 rings (SSSR count). The highest BCUT2D eigenvalue weighted by molar-refractivity contribution is 7.03. The van der Waals surface area contributed by atoms with Crippen LogP contribution in [0.15, 0.2) is 41.9 Å². The number of amides is 1. The predicted octanol–water partition coefficient (Wildman–Crippen LogP) is 1.79. The number of aromatic nitrogens is 4. The van der Waals surface area contributed by atoms with Gasteiger partial charge in [-0.05, 0) is 41.9 Å². The molecule has 0 radical (unpaired) electrons. The number of benzene rings is 1. The highest BCUT2D eigenvalue weighted by Crippen LogP contribution is 2.09. The van der Waals surface area contributed by atoms with Gasteiger partial charge in [-0.1, -0.05) is 4.49 Å². The highest BCUT2D eigenvalue weighted by atomic mass is 32.1. The Morgan fingerprint density at radius 2 is 2.10 bits per heavy atom. The van der Waals surface area contributed by atoms with Gasteiger partial charge in [-0.25, -0.2) is 9.07 Å². The van der Waals surface area contributed by atoms with Gasteiger partial charge in [-0.2, -0.15) is 5.10 Å². The molecule has 0 bridgehead atoms. The molecule has 2 aromatic heterocycles. The van der Waals surface area contributed by atoms with Crippen LogP contribution in [0.1, 0.15) is 16.2 Å². The summed E-state index contributed by atoms with van der Waals surface area (Å²) in [5.41, 5.74) is 1.73. The second kappa shape index (κ2) is 5.80. The topological polar surface area (TPSA) is 72.7 Å². The standard InChI is InChI=1S/C13H10FN5OS/c14-9-1-3-11(4-2-9)19-6-5-10(17-19)7-15-13(20)12-8-21-18-16-12/h1-6,8H,7H2,(H,15,20). The molecule has 0 aliphatic rings. The fraction of sp³-hybridized carbons (Fsp3) is 0.0769. The van der Waals surface area contributed by atoms with Crippen LogP contribution in [0.25, 0.3) is 5.69 Å². The molecule has 0 saturated carbocycles. The summed E-state index contributed by atoms with van der Waals surface area (Å²) < 4.78 is 18.1. The SMILES string of the molecule is O=C(NCc1ccn(-c2ccc(F)cc2)n1)c1csnn1. The Balaban J connectivity index is 1.65. The summed E-state index contributed by atoms with van der Waals surface area (Å²) in [5, 5.41) is 12.3. The number of rotatable bonds is 4. The third-order valence-corrected chi connectivity index (χ3v) is 3.26. The van der Waals surface area contributed by atoms with E-state index in [9.17, 15) is 9.18 Å². The van der Waals surface area contributed by atoms with Crippen molar-refractivity contribution in [2.45, 2.75) is 6.54 Å². The molecule has 0 atom stereocenters. The van der Waals surface area contributed by atoms with E-state index in [1.54, 1.807) is 34.5 Å². The zero-order valence-electron chi connectivity index (χ0n) is 10.7. The van der Waals surface area contributed by atoms with Crippen molar-refractivity contribution in [1.82, 2.24) is 24.7 Å². The zero-order valence-corrected chi connectivity index (χ0v) is 11.5. The summed E-state index contributed by atoms with van der Waals surface area (Å²) in [6.07, 6.45) is 1.75. The van der Waals surface area contributed by atoms with Gasteiger partial charge in [0.25, 0.3) is 5.91 Å². The minimum Gasteiger partial charge on any atom is -0.345 e. The minimum absolute atomic E-state index is 0.282. The molecule has 1 amide bonds. The van der Waals surface area contributed by atoms with Crippen LogP contribution in [0.3, 0.4) is 0 Å². The fourth-order valence-corrected chi connectivity index (χ4v) is 2.15. The predicted molar refractivity (Wildman–Crippen MR) is 74.6 cm³/mol. The first-order valence-electron chi connectivity index (χ1n) is 6.08. The van der Waals surface area contributed by atoms with Crippen LogP contribution < -0.4 is 5.32 Å². The number of nitrogens with zero attached hydrogens (tertiary/aromatic N) is 4. The molecule has 2 heterocycles. The van der Waals surface area contributed by atoms with E-state index < -0.39 is 0 Å². The van der Waals surface area contributed by atoms with Crippen molar-refractivity contribution in [1.29, 1.82) is 0 Å². The summed E-state index contributed by atoms with van der Waals surface area (Å²) in [5.74, 6) is -0.588. The van der Waals surface area contributed by atoms with Gasteiger partial charge >= 0.3 is 0 Å². The Morgan fingerprint density at radius 1 is 1.29 bits per heavy atom. The Kier molecular flexibility index (Phi) is 3.69. The normalized spacial score (nSPS) is 10.5. The summed E-state index contributed by atoms with van der Waals surface area (Å²) in [7, 11) is 0. The lowest BCUT2D eigenvalue weighted by molar-refractivity contribution is 0.0945. The average molecular weight is 303 g/mol. The van der Waals surface area contributed by atoms with Crippen LogP contribution in [0, 0.1) is 5.82 Å². The van der Waals surface area contributed by atoms with E-state index in [2.05, 4.69) is 20.0 Å². The Hall–Kier alpha value is -2.61. The molecule has 0 aliphatic heterocycles. The maximum Gasteiger partial charge on any atom is 0.273 e. The van der Waals surface area contributed by atoms with Gasteiger partial charge in [0.15, 0.2) is 5.69 Å². The maximum absolute atomic E-state index is 12.9. The second-order valence-electron chi connectivity index (χ2n) is 4.20. The first-order valence-corrected chi connectivity index (χ1v) is 6.92. The van der Waals surface area contributed by atoms with Gasteiger partial charge in [-0.3, -0.25) is 4.79 Å². The summed E-state index contributed by atoms with van der Waals surface area (Å²) in [6, 6.07) is 7.78. The molecular weight excluding hydrogens is 293 g/mol. The molecule has 6 nitrogen and oxygen atoms in total. The minimum atomic E-state index is -0.296. The van der Waals surface area contributed by atoms with Crippen LogP contribution in [0.5, 0.6) is 0 Å². The monoisotopic (exact) mass is 303 g/mol. The molecule has 0 unspecified atom stereocenters. The van der Waals surface area contributed by atoms with Gasteiger partial charge in [0.1, 0.15) is 5.82 Å².